The van der Waals surface area contributed by atoms with Crippen LogP contribution in [-0.2, 0) is 0 Å². The zero-order valence-electron chi connectivity index (χ0n) is 9.22. The lowest BCUT2D eigenvalue weighted by Crippen LogP contribution is -1.95. The highest BCUT2D eigenvalue weighted by Gasteiger charge is 2.18. The van der Waals surface area contributed by atoms with E-state index in [0.717, 1.165) is 25.0 Å². The first-order valence-corrected chi connectivity index (χ1v) is 8.23. The number of hydrogen-bond donors (Lipinski definition) is 0. The Labute approximate surface area is 136 Å². The highest BCUT2D eigenvalue weighted by atomic mass is 79.9. The number of methoxy groups -OCH3 is 1. The van der Waals surface area contributed by atoms with Gasteiger partial charge in [-0.15, -0.1) is 11.3 Å². The largest absolute Gasteiger partial charge is 0.496 e. The summed E-state index contributed by atoms with van der Waals surface area (Å²) in [6, 6.07) is 7.59. The molecule has 1 heterocycles. The first-order chi connectivity index (χ1) is 8.52. The number of thiophene rings is 1. The second kappa shape index (κ2) is 6.14. The summed E-state index contributed by atoms with van der Waals surface area (Å²) in [5, 5.41) is 0.653. The molecule has 0 saturated carbocycles. The molecule has 1 unspecified atom stereocenters. The van der Waals surface area contributed by atoms with Crippen molar-refractivity contribution >= 4 is 66.4 Å². The summed E-state index contributed by atoms with van der Waals surface area (Å²) in [6.07, 6.45) is 0. The number of hydrogen-bond acceptors (Lipinski definition) is 2. The van der Waals surface area contributed by atoms with Crippen molar-refractivity contribution in [2.75, 3.05) is 7.11 Å². The SMILES string of the molecule is COc1cc(Cl)ccc1C(Br)c1cc(Br)c(Cl)s1. The van der Waals surface area contributed by atoms with E-state index in [1.165, 1.54) is 11.3 Å². The quantitative estimate of drug-likeness (QED) is 0.518. The van der Waals surface area contributed by atoms with E-state index in [9.17, 15) is 0 Å². The summed E-state index contributed by atoms with van der Waals surface area (Å²) in [4.78, 5) is 1.13. The average Bonchev–Trinajstić information content (AvgIpc) is 2.68. The summed E-state index contributed by atoms with van der Waals surface area (Å²) >= 11 is 20.6. The molecule has 0 N–H and O–H groups in total. The highest BCUT2D eigenvalue weighted by Crippen LogP contribution is 2.44. The van der Waals surface area contributed by atoms with Crippen LogP contribution < -0.4 is 4.74 Å². The van der Waals surface area contributed by atoms with Crippen molar-refractivity contribution in [3.63, 3.8) is 0 Å². The van der Waals surface area contributed by atoms with Gasteiger partial charge in [0.05, 0.1) is 11.9 Å². The van der Waals surface area contributed by atoms with Crippen LogP contribution in [0.3, 0.4) is 0 Å². The number of rotatable bonds is 3. The van der Waals surface area contributed by atoms with Gasteiger partial charge in [0.15, 0.2) is 0 Å². The minimum absolute atomic E-state index is 0.0264. The second-order valence-electron chi connectivity index (χ2n) is 3.52. The fraction of sp³-hybridized carbons (Fsp3) is 0.167. The van der Waals surface area contributed by atoms with Crippen LogP contribution in [0.5, 0.6) is 5.75 Å². The molecule has 0 aliphatic carbocycles. The third kappa shape index (κ3) is 3.05. The fourth-order valence-electron chi connectivity index (χ4n) is 1.54. The van der Waals surface area contributed by atoms with Crippen molar-refractivity contribution in [3.8, 4) is 5.75 Å². The molecule has 1 nitrogen and oxygen atoms in total. The van der Waals surface area contributed by atoms with E-state index >= 15 is 0 Å². The summed E-state index contributed by atoms with van der Waals surface area (Å²) in [6.45, 7) is 0. The molecule has 18 heavy (non-hydrogen) atoms. The first kappa shape index (κ1) is 14.7. The minimum Gasteiger partial charge on any atom is -0.496 e. The highest BCUT2D eigenvalue weighted by molar-refractivity contribution is 9.10. The van der Waals surface area contributed by atoms with Gasteiger partial charge in [0.25, 0.3) is 0 Å². The Morgan fingerprint density at radius 3 is 2.56 bits per heavy atom. The van der Waals surface area contributed by atoms with Crippen LogP contribution in [0.4, 0.5) is 0 Å². The maximum Gasteiger partial charge on any atom is 0.125 e. The Bertz CT molecular complexity index is 552. The molecule has 1 aromatic heterocycles. The zero-order valence-corrected chi connectivity index (χ0v) is 14.7. The molecule has 1 atom stereocenters. The van der Waals surface area contributed by atoms with Gasteiger partial charge < -0.3 is 4.74 Å². The molecular formula is C12H8Br2Cl2OS. The van der Waals surface area contributed by atoms with Crippen LogP contribution in [0, 0.1) is 0 Å². The Morgan fingerprint density at radius 1 is 1.28 bits per heavy atom. The number of benzene rings is 1. The van der Waals surface area contributed by atoms with E-state index in [1.807, 2.05) is 18.2 Å². The Morgan fingerprint density at radius 2 is 2.00 bits per heavy atom. The summed E-state index contributed by atoms with van der Waals surface area (Å²) in [5.41, 5.74) is 1.02. The van der Waals surface area contributed by atoms with Crippen molar-refractivity contribution in [3.05, 3.63) is 48.5 Å². The number of alkyl halides is 1. The van der Waals surface area contributed by atoms with Gasteiger partial charge in [-0.3, -0.25) is 0 Å². The van der Waals surface area contributed by atoms with E-state index in [2.05, 4.69) is 31.9 Å². The van der Waals surface area contributed by atoms with Crippen molar-refractivity contribution in [2.45, 2.75) is 4.83 Å². The lowest BCUT2D eigenvalue weighted by molar-refractivity contribution is 0.410. The molecule has 0 bridgehead atoms. The fourth-order valence-corrected chi connectivity index (χ4v) is 4.22. The predicted octanol–water partition coefficient (Wildman–Crippen LogP) is 6.31. The molecule has 0 aliphatic heterocycles. The maximum absolute atomic E-state index is 6.06. The zero-order chi connectivity index (χ0) is 13.3. The van der Waals surface area contributed by atoms with Crippen molar-refractivity contribution in [1.82, 2.24) is 0 Å². The maximum atomic E-state index is 6.06. The summed E-state index contributed by atoms with van der Waals surface area (Å²) < 4.78 is 6.99. The Kier molecular flexibility index (Phi) is 5.00. The predicted molar refractivity (Wildman–Crippen MR) is 85.8 cm³/mol. The molecule has 0 radical (unpaired) electrons. The Balaban J connectivity index is 2.42. The van der Waals surface area contributed by atoms with E-state index in [1.54, 1.807) is 13.2 Å². The monoisotopic (exact) mass is 428 g/mol. The molecule has 0 aliphatic rings. The first-order valence-electron chi connectivity index (χ1n) is 4.95. The standard InChI is InChI=1S/C12H8Br2Cl2OS/c1-17-9-4-6(15)2-3-7(9)11(14)10-5-8(13)12(16)18-10/h2-5,11H,1H3. The normalized spacial score (nSPS) is 12.5. The molecule has 2 rings (SSSR count). The van der Waals surface area contributed by atoms with E-state index in [-0.39, 0.29) is 4.83 Å². The van der Waals surface area contributed by atoms with Gasteiger partial charge in [-0.2, -0.15) is 0 Å². The van der Waals surface area contributed by atoms with Crippen LogP contribution in [-0.4, -0.2) is 7.11 Å². The molecule has 2 aromatic rings. The molecule has 0 amide bonds. The van der Waals surface area contributed by atoms with Gasteiger partial charge in [0.2, 0.25) is 0 Å². The van der Waals surface area contributed by atoms with Crippen LogP contribution >= 0.6 is 66.4 Å². The van der Waals surface area contributed by atoms with E-state index in [0.29, 0.717) is 5.02 Å². The molecule has 0 fully saturated rings. The van der Waals surface area contributed by atoms with Crippen LogP contribution in [0.1, 0.15) is 15.3 Å². The number of halogens is 4. The van der Waals surface area contributed by atoms with Gasteiger partial charge in [-0.05, 0) is 34.1 Å². The smallest absolute Gasteiger partial charge is 0.125 e. The third-order valence-corrected chi connectivity index (χ3v) is 6.45. The topological polar surface area (TPSA) is 9.23 Å². The lowest BCUT2D eigenvalue weighted by atomic mass is 10.1. The Hall–Kier alpha value is 0.260. The molecule has 6 heteroatoms. The number of ether oxygens (including phenoxy) is 1. The van der Waals surface area contributed by atoms with Gasteiger partial charge >= 0.3 is 0 Å². The van der Waals surface area contributed by atoms with Crippen LogP contribution in [0.2, 0.25) is 9.36 Å². The second-order valence-corrected chi connectivity index (χ2v) is 7.41. The molecule has 0 spiro atoms. The lowest BCUT2D eigenvalue weighted by Gasteiger charge is -2.13. The average molecular weight is 431 g/mol. The van der Waals surface area contributed by atoms with Gasteiger partial charge in [-0.25, -0.2) is 0 Å². The van der Waals surface area contributed by atoms with E-state index < -0.39 is 0 Å². The van der Waals surface area contributed by atoms with Gasteiger partial charge in [-0.1, -0.05) is 45.2 Å². The third-order valence-electron chi connectivity index (χ3n) is 2.38. The minimum atomic E-state index is 0.0264. The molecular weight excluding hydrogens is 423 g/mol. The summed E-state index contributed by atoms with van der Waals surface area (Å²) in [5.74, 6) is 0.755. The summed E-state index contributed by atoms with van der Waals surface area (Å²) in [7, 11) is 1.63. The van der Waals surface area contributed by atoms with Crippen molar-refractivity contribution < 1.29 is 4.74 Å². The van der Waals surface area contributed by atoms with Gasteiger partial charge in [0.1, 0.15) is 10.1 Å². The van der Waals surface area contributed by atoms with Crippen LogP contribution in [0.25, 0.3) is 0 Å². The van der Waals surface area contributed by atoms with Crippen molar-refractivity contribution in [1.29, 1.82) is 0 Å². The molecule has 0 saturated heterocycles. The molecule has 1 aromatic carbocycles. The van der Waals surface area contributed by atoms with Crippen molar-refractivity contribution in [2.24, 2.45) is 0 Å². The van der Waals surface area contributed by atoms with Gasteiger partial charge in [0, 0.05) is 19.9 Å². The van der Waals surface area contributed by atoms with E-state index in [4.69, 9.17) is 27.9 Å². The molecule has 96 valence electrons. The van der Waals surface area contributed by atoms with Crippen LogP contribution in [0.15, 0.2) is 28.7 Å².